The number of morpholine rings is 1. The van der Waals surface area contributed by atoms with Gasteiger partial charge in [0.1, 0.15) is 24.2 Å². The smallest absolute Gasteiger partial charge is 0.325 e. The molecule has 2 amide bonds. The largest absolute Gasteiger partial charge is 0.465 e. The molecule has 1 aromatic heterocycles. The Bertz CT molecular complexity index is 1080. The van der Waals surface area contributed by atoms with E-state index in [0.717, 1.165) is 30.8 Å². The number of rotatable bonds is 11. The number of carbonyl (C=O) groups excluding carboxylic acids is 3. The Labute approximate surface area is 221 Å². The molecule has 10 nitrogen and oxygen atoms in total. The van der Waals surface area contributed by atoms with Crippen molar-refractivity contribution in [1.82, 2.24) is 15.1 Å². The summed E-state index contributed by atoms with van der Waals surface area (Å²) in [6.45, 7) is 5.38. The van der Waals surface area contributed by atoms with Crippen molar-refractivity contribution in [3.8, 4) is 0 Å². The summed E-state index contributed by atoms with van der Waals surface area (Å²) in [5.41, 5.74) is 0.342. The van der Waals surface area contributed by atoms with E-state index in [1.807, 2.05) is 0 Å². The summed E-state index contributed by atoms with van der Waals surface area (Å²) >= 11 is 0. The molecule has 11 heteroatoms. The first-order valence-corrected chi connectivity index (χ1v) is 12.9. The molecule has 1 aromatic carbocycles. The van der Waals surface area contributed by atoms with Gasteiger partial charge < -0.3 is 28.8 Å². The highest BCUT2D eigenvalue weighted by Gasteiger charge is 2.36. The van der Waals surface area contributed by atoms with Crippen molar-refractivity contribution in [1.29, 1.82) is 0 Å². The maximum atomic E-state index is 13.7. The minimum Gasteiger partial charge on any atom is -0.465 e. The molecular formula is C27H34FN3O7. The van der Waals surface area contributed by atoms with Crippen LogP contribution in [0.15, 0.2) is 40.8 Å². The van der Waals surface area contributed by atoms with Gasteiger partial charge in [0.2, 0.25) is 5.91 Å². The lowest BCUT2D eigenvalue weighted by Crippen LogP contribution is -2.47. The second-order valence-electron chi connectivity index (χ2n) is 9.23. The molecule has 0 radical (unpaired) electrons. The van der Waals surface area contributed by atoms with E-state index in [0.29, 0.717) is 37.7 Å². The van der Waals surface area contributed by atoms with Crippen LogP contribution in [0, 0.1) is 5.82 Å². The number of furan rings is 1. The molecule has 2 aromatic rings. The van der Waals surface area contributed by atoms with E-state index < -0.39 is 36.2 Å². The van der Waals surface area contributed by atoms with Gasteiger partial charge in [-0.2, -0.15) is 0 Å². The van der Waals surface area contributed by atoms with Crippen LogP contribution >= 0.6 is 0 Å². The Morgan fingerprint density at radius 3 is 2.58 bits per heavy atom. The molecule has 2 aliphatic heterocycles. The molecule has 2 aliphatic rings. The molecule has 206 valence electrons. The number of amides is 2. The van der Waals surface area contributed by atoms with Crippen molar-refractivity contribution >= 4 is 17.8 Å². The lowest BCUT2D eigenvalue weighted by Gasteiger charge is -2.30. The van der Waals surface area contributed by atoms with Gasteiger partial charge in [-0.05, 0) is 49.6 Å². The SMILES string of the molecule is CCOC(=O)CN(C(=O)c1ccc(CN2CCOCC2)o1)[C@@H](C(=O)NC[C@H]1CCCO1)c1ccc(F)cc1. The number of carbonyl (C=O) groups is 3. The van der Waals surface area contributed by atoms with Gasteiger partial charge in [-0.15, -0.1) is 0 Å². The van der Waals surface area contributed by atoms with Crippen LogP contribution in [-0.2, 0) is 30.3 Å². The summed E-state index contributed by atoms with van der Waals surface area (Å²) in [4.78, 5) is 43.1. The van der Waals surface area contributed by atoms with Gasteiger partial charge in [-0.3, -0.25) is 19.3 Å². The maximum absolute atomic E-state index is 13.7. The van der Waals surface area contributed by atoms with Gasteiger partial charge in [0.05, 0.1) is 32.5 Å². The van der Waals surface area contributed by atoms with Crippen LogP contribution in [0.1, 0.15) is 47.7 Å². The minimum absolute atomic E-state index is 0.0170. The number of halogens is 1. The van der Waals surface area contributed by atoms with Gasteiger partial charge in [-0.25, -0.2) is 4.39 Å². The highest BCUT2D eigenvalue weighted by Crippen LogP contribution is 2.25. The molecule has 0 saturated carbocycles. The highest BCUT2D eigenvalue weighted by atomic mass is 19.1. The maximum Gasteiger partial charge on any atom is 0.325 e. The molecule has 3 heterocycles. The quantitative estimate of drug-likeness (QED) is 0.440. The van der Waals surface area contributed by atoms with Crippen molar-refractivity contribution in [3.63, 3.8) is 0 Å². The van der Waals surface area contributed by atoms with E-state index in [2.05, 4.69) is 10.2 Å². The molecule has 2 saturated heterocycles. The molecule has 1 N–H and O–H groups in total. The number of hydrogen-bond acceptors (Lipinski definition) is 8. The molecule has 0 bridgehead atoms. The van der Waals surface area contributed by atoms with E-state index in [4.69, 9.17) is 18.6 Å². The first-order chi connectivity index (χ1) is 18.4. The van der Waals surface area contributed by atoms with Crippen LogP contribution in [-0.4, -0.2) is 86.3 Å². The van der Waals surface area contributed by atoms with Crippen LogP contribution in [0.5, 0.6) is 0 Å². The number of nitrogens with one attached hydrogen (secondary N) is 1. The van der Waals surface area contributed by atoms with Crippen LogP contribution in [0.2, 0.25) is 0 Å². The predicted octanol–water partition coefficient (Wildman–Crippen LogP) is 2.29. The zero-order valence-electron chi connectivity index (χ0n) is 21.5. The summed E-state index contributed by atoms with van der Waals surface area (Å²) < 4.78 is 35.7. The fourth-order valence-corrected chi connectivity index (χ4v) is 4.56. The Morgan fingerprint density at radius 1 is 1.13 bits per heavy atom. The van der Waals surface area contributed by atoms with Crippen LogP contribution < -0.4 is 5.32 Å². The summed E-state index contributed by atoms with van der Waals surface area (Å²) in [7, 11) is 0. The standard InChI is InChI=1S/C27H34FN3O7/c1-2-36-24(32)18-31(27(34)23-10-9-22(38-23)17-30-11-14-35-15-12-30)25(19-5-7-20(28)8-6-19)26(33)29-16-21-4-3-13-37-21/h5-10,21,25H,2-4,11-18H2,1H3,(H,29,33)/t21-,25-/m1/s1. The van der Waals surface area contributed by atoms with Crippen molar-refractivity contribution in [3.05, 3.63) is 59.3 Å². The second kappa shape index (κ2) is 13.5. The summed E-state index contributed by atoms with van der Waals surface area (Å²) in [6.07, 6.45) is 1.58. The summed E-state index contributed by atoms with van der Waals surface area (Å²) in [5.74, 6) is -1.80. The Kier molecular flexibility index (Phi) is 9.85. The lowest BCUT2D eigenvalue weighted by atomic mass is 10.0. The number of ether oxygens (including phenoxy) is 3. The highest BCUT2D eigenvalue weighted by molar-refractivity contribution is 5.98. The Balaban J connectivity index is 1.60. The zero-order chi connectivity index (χ0) is 26.9. The average molecular weight is 532 g/mol. The van der Waals surface area contributed by atoms with Crippen LogP contribution in [0.25, 0.3) is 0 Å². The van der Waals surface area contributed by atoms with Crippen molar-refractivity contribution in [2.24, 2.45) is 0 Å². The number of benzene rings is 1. The minimum atomic E-state index is -1.23. The van der Waals surface area contributed by atoms with Gasteiger partial charge in [0, 0.05) is 26.2 Å². The number of nitrogens with zero attached hydrogens (tertiary/aromatic N) is 2. The van der Waals surface area contributed by atoms with Gasteiger partial charge in [-0.1, -0.05) is 12.1 Å². The second-order valence-corrected chi connectivity index (χ2v) is 9.23. The molecule has 2 fully saturated rings. The van der Waals surface area contributed by atoms with Gasteiger partial charge >= 0.3 is 5.97 Å². The van der Waals surface area contributed by atoms with Gasteiger partial charge in [0.25, 0.3) is 5.91 Å². The van der Waals surface area contributed by atoms with Crippen molar-refractivity contribution in [2.45, 2.75) is 38.5 Å². The van der Waals surface area contributed by atoms with E-state index in [9.17, 15) is 18.8 Å². The summed E-state index contributed by atoms with van der Waals surface area (Å²) in [6, 6.07) is 7.25. The Hall–Kier alpha value is -3.28. The fourth-order valence-electron chi connectivity index (χ4n) is 4.56. The molecule has 0 aliphatic carbocycles. The predicted molar refractivity (Wildman–Crippen MR) is 134 cm³/mol. The molecule has 0 unspecified atom stereocenters. The zero-order valence-corrected chi connectivity index (χ0v) is 21.5. The van der Waals surface area contributed by atoms with E-state index in [-0.39, 0.29) is 25.0 Å². The number of esters is 1. The van der Waals surface area contributed by atoms with Crippen molar-refractivity contribution < 1.29 is 37.4 Å². The van der Waals surface area contributed by atoms with E-state index >= 15 is 0 Å². The normalized spacial score (nSPS) is 18.6. The monoisotopic (exact) mass is 531 g/mol. The third-order valence-electron chi connectivity index (χ3n) is 6.49. The third kappa shape index (κ3) is 7.40. The van der Waals surface area contributed by atoms with Crippen LogP contribution in [0.3, 0.4) is 0 Å². The molecule has 38 heavy (non-hydrogen) atoms. The molecule has 4 rings (SSSR count). The number of hydrogen-bond donors (Lipinski definition) is 1. The van der Waals surface area contributed by atoms with Gasteiger partial charge in [0.15, 0.2) is 5.76 Å². The van der Waals surface area contributed by atoms with E-state index in [1.165, 1.54) is 30.3 Å². The first-order valence-electron chi connectivity index (χ1n) is 12.9. The Morgan fingerprint density at radius 2 is 1.89 bits per heavy atom. The first kappa shape index (κ1) is 27.7. The topological polar surface area (TPSA) is 111 Å². The van der Waals surface area contributed by atoms with Crippen molar-refractivity contribution in [2.75, 3.05) is 52.6 Å². The van der Waals surface area contributed by atoms with Crippen LogP contribution in [0.4, 0.5) is 4.39 Å². The molecule has 0 spiro atoms. The third-order valence-corrected chi connectivity index (χ3v) is 6.49. The fraction of sp³-hybridized carbons (Fsp3) is 0.519. The van der Waals surface area contributed by atoms with E-state index in [1.54, 1.807) is 13.0 Å². The average Bonchev–Trinajstić information content (AvgIpc) is 3.61. The molecule has 2 atom stereocenters. The lowest BCUT2D eigenvalue weighted by molar-refractivity contribution is -0.145. The summed E-state index contributed by atoms with van der Waals surface area (Å²) in [5, 5.41) is 2.84. The molecular weight excluding hydrogens is 497 g/mol.